The van der Waals surface area contributed by atoms with Gasteiger partial charge in [-0.2, -0.15) is 4.31 Å². The van der Waals surface area contributed by atoms with Gasteiger partial charge in [0.1, 0.15) is 18.5 Å². The maximum atomic E-state index is 13.0. The zero-order valence-electron chi connectivity index (χ0n) is 14.4. The molecule has 3 aliphatic rings. The maximum absolute atomic E-state index is 13.0. The van der Waals surface area contributed by atoms with Crippen LogP contribution in [-0.2, 0) is 10.0 Å². The standard InChI is InChI=1S/C16H20N6O3S/c1-26(24,25)21-7-12-2-4-14(9-21)22(8-12)16(23)13-3-5-15(17-6-13)20-10-18-19-11-20/h3,5-6,10-12,14H,2,4,7-9H2,1H3/t12-,14+/m1/s1. The van der Waals surface area contributed by atoms with E-state index in [1.165, 1.54) is 23.2 Å². The first kappa shape index (κ1) is 17.1. The molecule has 9 nitrogen and oxygen atoms in total. The molecule has 2 aromatic rings. The van der Waals surface area contributed by atoms with E-state index in [1.807, 2.05) is 4.90 Å². The normalized spacial score (nSPS) is 23.8. The molecule has 0 aliphatic carbocycles. The number of carbonyl (C=O) groups excluding carboxylic acids is 1. The molecule has 3 fully saturated rings. The second-order valence-corrected chi connectivity index (χ2v) is 8.89. The van der Waals surface area contributed by atoms with Crippen LogP contribution in [0.2, 0.25) is 0 Å². The lowest BCUT2D eigenvalue weighted by Crippen LogP contribution is -2.47. The van der Waals surface area contributed by atoms with Crippen molar-refractivity contribution in [2.75, 3.05) is 25.9 Å². The topological polar surface area (TPSA) is 101 Å². The fourth-order valence-electron chi connectivity index (χ4n) is 3.71. The zero-order chi connectivity index (χ0) is 18.3. The molecular formula is C16H20N6O3S. The van der Waals surface area contributed by atoms with Gasteiger partial charge in [-0.25, -0.2) is 13.4 Å². The van der Waals surface area contributed by atoms with Crippen LogP contribution < -0.4 is 0 Å². The number of pyridine rings is 1. The molecule has 0 radical (unpaired) electrons. The summed E-state index contributed by atoms with van der Waals surface area (Å²) >= 11 is 0. The molecule has 2 atom stereocenters. The van der Waals surface area contributed by atoms with E-state index in [0.29, 0.717) is 31.0 Å². The lowest BCUT2D eigenvalue weighted by molar-refractivity contribution is 0.0588. The second-order valence-electron chi connectivity index (χ2n) is 6.91. The average Bonchev–Trinajstić information content (AvgIpc) is 2.99. The molecule has 10 heteroatoms. The van der Waals surface area contributed by atoms with E-state index in [-0.39, 0.29) is 17.9 Å². The van der Waals surface area contributed by atoms with Crippen LogP contribution in [0.1, 0.15) is 23.2 Å². The van der Waals surface area contributed by atoms with E-state index in [4.69, 9.17) is 0 Å². The quantitative estimate of drug-likeness (QED) is 0.756. The van der Waals surface area contributed by atoms with Gasteiger partial charge in [0, 0.05) is 31.9 Å². The van der Waals surface area contributed by atoms with Gasteiger partial charge in [0.05, 0.1) is 11.8 Å². The van der Waals surface area contributed by atoms with Crippen molar-refractivity contribution < 1.29 is 13.2 Å². The summed E-state index contributed by atoms with van der Waals surface area (Å²) in [6.45, 7) is 1.44. The van der Waals surface area contributed by atoms with Gasteiger partial charge in [0.2, 0.25) is 10.0 Å². The number of sulfonamides is 1. The molecule has 5 heterocycles. The molecule has 2 aromatic heterocycles. The average molecular weight is 376 g/mol. The minimum absolute atomic E-state index is 0.0894. The number of carbonyl (C=O) groups is 1. The molecule has 3 saturated heterocycles. The molecule has 0 N–H and O–H groups in total. The van der Waals surface area contributed by atoms with Gasteiger partial charge in [-0.3, -0.25) is 9.36 Å². The number of aromatic nitrogens is 4. The van der Waals surface area contributed by atoms with Crippen LogP contribution in [0, 0.1) is 5.92 Å². The molecule has 26 heavy (non-hydrogen) atoms. The minimum Gasteiger partial charge on any atom is -0.334 e. The molecule has 0 spiro atoms. The molecular weight excluding hydrogens is 356 g/mol. The fourth-order valence-corrected chi connectivity index (χ4v) is 4.63. The molecule has 0 aromatic carbocycles. The van der Waals surface area contributed by atoms with E-state index < -0.39 is 10.0 Å². The van der Waals surface area contributed by atoms with Gasteiger partial charge in [0.15, 0.2) is 0 Å². The SMILES string of the molecule is CS(=O)(=O)N1C[C@H]2CC[C@@H](C1)N(C(=O)c1ccc(-n3cnnc3)nc1)C2. The van der Waals surface area contributed by atoms with Crippen molar-refractivity contribution in [2.24, 2.45) is 5.92 Å². The monoisotopic (exact) mass is 376 g/mol. The number of hydrogen-bond acceptors (Lipinski definition) is 6. The van der Waals surface area contributed by atoms with Crippen LogP contribution in [0.25, 0.3) is 5.82 Å². The number of hydrogen-bond donors (Lipinski definition) is 0. The van der Waals surface area contributed by atoms with Gasteiger partial charge in [-0.1, -0.05) is 0 Å². The highest BCUT2D eigenvalue weighted by atomic mass is 32.2. The molecule has 0 unspecified atom stereocenters. The van der Waals surface area contributed by atoms with Crippen LogP contribution in [0.15, 0.2) is 31.0 Å². The van der Waals surface area contributed by atoms with Gasteiger partial charge >= 0.3 is 0 Å². The van der Waals surface area contributed by atoms with Gasteiger partial charge in [-0.05, 0) is 30.9 Å². The Balaban J connectivity index is 1.55. The highest BCUT2D eigenvalue weighted by Crippen LogP contribution is 2.30. The largest absolute Gasteiger partial charge is 0.334 e. The summed E-state index contributed by atoms with van der Waals surface area (Å²) < 4.78 is 27.1. The van der Waals surface area contributed by atoms with Gasteiger partial charge < -0.3 is 4.90 Å². The van der Waals surface area contributed by atoms with E-state index in [9.17, 15) is 13.2 Å². The second kappa shape index (κ2) is 6.44. The van der Waals surface area contributed by atoms with E-state index in [0.717, 1.165) is 12.8 Å². The van der Waals surface area contributed by atoms with Crippen LogP contribution in [0.3, 0.4) is 0 Å². The molecule has 138 valence electrons. The molecule has 3 aliphatic heterocycles. The van der Waals surface area contributed by atoms with Crippen molar-refractivity contribution >= 4 is 15.9 Å². The Kier molecular flexibility index (Phi) is 4.23. The summed E-state index contributed by atoms with van der Waals surface area (Å²) in [5, 5.41) is 7.47. The number of nitrogens with zero attached hydrogens (tertiary/aromatic N) is 6. The third kappa shape index (κ3) is 3.21. The Hall–Kier alpha value is -2.33. The van der Waals surface area contributed by atoms with Crippen molar-refractivity contribution in [3.8, 4) is 5.82 Å². The zero-order valence-corrected chi connectivity index (χ0v) is 15.2. The Morgan fingerprint density at radius 3 is 2.54 bits per heavy atom. The van der Waals surface area contributed by atoms with Crippen molar-refractivity contribution in [1.29, 1.82) is 0 Å². The Labute approximate surface area is 151 Å². The highest BCUT2D eigenvalue weighted by Gasteiger charge is 2.39. The summed E-state index contributed by atoms with van der Waals surface area (Å²) in [5.41, 5.74) is 0.500. The summed E-state index contributed by atoms with van der Waals surface area (Å²) in [5.74, 6) is 0.710. The van der Waals surface area contributed by atoms with E-state index in [2.05, 4.69) is 15.2 Å². The lowest BCUT2D eigenvalue weighted by atomic mass is 9.94. The summed E-state index contributed by atoms with van der Waals surface area (Å²) in [6.07, 6.45) is 7.64. The summed E-state index contributed by atoms with van der Waals surface area (Å²) in [7, 11) is -3.25. The van der Waals surface area contributed by atoms with Crippen molar-refractivity contribution in [1.82, 2.24) is 29.0 Å². The Bertz CT molecular complexity index is 897. The van der Waals surface area contributed by atoms with E-state index in [1.54, 1.807) is 22.9 Å². The summed E-state index contributed by atoms with van der Waals surface area (Å²) in [6, 6.07) is 3.39. The number of rotatable bonds is 3. The van der Waals surface area contributed by atoms with Crippen LogP contribution >= 0.6 is 0 Å². The maximum Gasteiger partial charge on any atom is 0.255 e. The first-order valence-electron chi connectivity index (χ1n) is 8.49. The Morgan fingerprint density at radius 2 is 1.88 bits per heavy atom. The number of fused-ring (bicyclic) bond motifs is 4. The van der Waals surface area contributed by atoms with Crippen molar-refractivity contribution in [3.63, 3.8) is 0 Å². The predicted molar refractivity (Wildman–Crippen MR) is 93.1 cm³/mol. The third-order valence-electron chi connectivity index (χ3n) is 5.09. The summed E-state index contributed by atoms with van der Waals surface area (Å²) in [4.78, 5) is 19.1. The number of amides is 1. The molecule has 5 rings (SSSR count). The van der Waals surface area contributed by atoms with Crippen molar-refractivity contribution in [2.45, 2.75) is 18.9 Å². The molecule has 1 amide bonds. The van der Waals surface area contributed by atoms with E-state index >= 15 is 0 Å². The number of piperidine rings is 1. The minimum atomic E-state index is -3.25. The molecule has 2 bridgehead atoms. The van der Waals surface area contributed by atoms with Gasteiger partial charge in [-0.15, -0.1) is 10.2 Å². The predicted octanol–water partition coefficient (Wildman–Crippen LogP) is 0.158. The third-order valence-corrected chi connectivity index (χ3v) is 6.32. The van der Waals surface area contributed by atoms with Crippen LogP contribution in [-0.4, -0.2) is 75.2 Å². The lowest BCUT2D eigenvalue weighted by Gasteiger charge is -2.36. The Morgan fingerprint density at radius 1 is 1.12 bits per heavy atom. The molecule has 0 saturated carbocycles. The van der Waals surface area contributed by atoms with Gasteiger partial charge in [0.25, 0.3) is 5.91 Å². The van der Waals surface area contributed by atoms with Crippen molar-refractivity contribution in [3.05, 3.63) is 36.5 Å². The van der Waals surface area contributed by atoms with Crippen LogP contribution in [0.5, 0.6) is 0 Å². The van der Waals surface area contributed by atoms with Crippen LogP contribution in [0.4, 0.5) is 0 Å². The highest BCUT2D eigenvalue weighted by molar-refractivity contribution is 7.88. The smallest absolute Gasteiger partial charge is 0.255 e. The fraction of sp³-hybridized carbons (Fsp3) is 0.500. The first-order valence-corrected chi connectivity index (χ1v) is 10.3. The first-order chi connectivity index (χ1) is 12.4.